The van der Waals surface area contributed by atoms with Crippen LogP contribution >= 0.6 is 0 Å². The number of amides is 1. The van der Waals surface area contributed by atoms with Crippen molar-refractivity contribution in [3.8, 4) is 0 Å². The van der Waals surface area contributed by atoms with Crippen molar-refractivity contribution >= 4 is 5.91 Å². The van der Waals surface area contributed by atoms with Gasteiger partial charge >= 0.3 is 0 Å². The Morgan fingerprint density at radius 1 is 1.50 bits per heavy atom. The van der Waals surface area contributed by atoms with Crippen LogP contribution in [-0.2, 0) is 4.79 Å². The Morgan fingerprint density at radius 2 is 2.25 bits per heavy atom. The van der Waals surface area contributed by atoms with Crippen LogP contribution in [0.2, 0.25) is 0 Å². The fourth-order valence-corrected chi connectivity index (χ4v) is 1.83. The molecule has 0 saturated heterocycles. The molecule has 2 aliphatic heterocycles. The van der Waals surface area contributed by atoms with Crippen molar-refractivity contribution in [2.45, 2.75) is 31.8 Å². The molecule has 0 radical (unpaired) electrons. The number of nitrogens with two attached hydrogens (primary N) is 1. The molecule has 7 nitrogen and oxygen atoms in total. The smallest absolute Gasteiger partial charge is 0.273 e. The van der Waals surface area contributed by atoms with Gasteiger partial charge in [0.05, 0.1) is 12.1 Å². The number of aliphatic hydroxyl groups is 1. The summed E-state index contributed by atoms with van der Waals surface area (Å²) in [5.41, 5.74) is 5.97. The number of rotatable bonds is 2. The first-order chi connectivity index (χ1) is 7.61. The molecule has 0 aliphatic carbocycles. The van der Waals surface area contributed by atoms with E-state index in [0.717, 1.165) is 0 Å². The fraction of sp³-hybridized carbons (Fsp3) is 0.667. The van der Waals surface area contributed by atoms with Crippen molar-refractivity contribution in [3.05, 3.63) is 11.5 Å². The first-order valence-corrected chi connectivity index (χ1v) is 5.37. The monoisotopic (exact) mass is 227 g/mol. The van der Waals surface area contributed by atoms with Crippen molar-refractivity contribution in [1.29, 1.82) is 0 Å². The van der Waals surface area contributed by atoms with Crippen LogP contribution in [0.15, 0.2) is 11.5 Å². The van der Waals surface area contributed by atoms with E-state index < -0.39 is 12.4 Å². The van der Waals surface area contributed by atoms with Gasteiger partial charge in [0, 0.05) is 6.54 Å². The Bertz CT molecular complexity index is 330. The molecule has 16 heavy (non-hydrogen) atoms. The number of hydrogen-bond donors (Lipinski definition) is 6. The molecule has 0 saturated carbocycles. The highest BCUT2D eigenvalue weighted by Gasteiger charge is 2.32. The third-order valence-corrected chi connectivity index (χ3v) is 2.77. The summed E-state index contributed by atoms with van der Waals surface area (Å²) in [7, 11) is 0. The van der Waals surface area contributed by atoms with E-state index in [1.165, 1.54) is 0 Å². The molecule has 7 heteroatoms. The lowest BCUT2D eigenvalue weighted by molar-refractivity contribution is -0.119. The number of aliphatic hydroxyl groups excluding tert-OH is 1. The molecule has 2 rings (SSSR count). The number of hydrogen-bond acceptors (Lipinski definition) is 6. The van der Waals surface area contributed by atoms with Gasteiger partial charge in [0.1, 0.15) is 11.5 Å². The first kappa shape index (κ1) is 11.0. The normalized spacial score (nSPS) is 30.6. The second-order valence-corrected chi connectivity index (χ2v) is 3.95. The van der Waals surface area contributed by atoms with Crippen LogP contribution in [0, 0.1) is 0 Å². The molecule has 2 aliphatic rings. The molecule has 7 N–H and O–H groups in total. The molecule has 0 aromatic rings. The van der Waals surface area contributed by atoms with Gasteiger partial charge in [0.2, 0.25) is 0 Å². The number of carbonyl (C=O) groups is 1. The first-order valence-electron chi connectivity index (χ1n) is 5.37. The van der Waals surface area contributed by atoms with Gasteiger partial charge in [0.25, 0.3) is 5.91 Å². The second kappa shape index (κ2) is 4.18. The van der Waals surface area contributed by atoms with Crippen LogP contribution in [0.5, 0.6) is 0 Å². The molecule has 0 spiro atoms. The van der Waals surface area contributed by atoms with E-state index in [1.807, 2.05) is 6.92 Å². The highest BCUT2D eigenvalue weighted by molar-refractivity contribution is 5.94. The van der Waals surface area contributed by atoms with Crippen LogP contribution in [0.1, 0.15) is 13.3 Å². The third kappa shape index (κ3) is 1.91. The van der Waals surface area contributed by atoms with Crippen molar-refractivity contribution in [2.75, 3.05) is 6.54 Å². The molecular weight excluding hydrogens is 210 g/mol. The zero-order valence-corrected chi connectivity index (χ0v) is 9.08. The molecule has 3 atom stereocenters. The van der Waals surface area contributed by atoms with E-state index in [-0.39, 0.29) is 11.9 Å². The summed E-state index contributed by atoms with van der Waals surface area (Å²) in [4.78, 5) is 11.6. The van der Waals surface area contributed by atoms with Crippen molar-refractivity contribution < 1.29 is 9.90 Å². The van der Waals surface area contributed by atoms with Gasteiger partial charge < -0.3 is 26.4 Å². The Morgan fingerprint density at radius 3 is 2.94 bits per heavy atom. The van der Waals surface area contributed by atoms with Gasteiger partial charge in [-0.05, 0) is 6.42 Å². The van der Waals surface area contributed by atoms with E-state index in [9.17, 15) is 9.90 Å². The quantitative estimate of drug-likeness (QED) is 0.310. The summed E-state index contributed by atoms with van der Waals surface area (Å²) in [6, 6.07) is -0.161. The van der Waals surface area contributed by atoms with E-state index in [0.29, 0.717) is 24.5 Å². The summed E-state index contributed by atoms with van der Waals surface area (Å²) in [6.07, 6.45) is -0.422. The predicted molar refractivity (Wildman–Crippen MR) is 57.5 cm³/mol. The molecule has 2 unspecified atom stereocenters. The summed E-state index contributed by atoms with van der Waals surface area (Å²) in [5, 5.41) is 21.2. The average molecular weight is 227 g/mol. The van der Waals surface area contributed by atoms with E-state index >= 15 is 0 Å². The largest absolute Gasteiger partial charge is 0.391 e. The fourth-order valence-electron chi connectivity index (χ4n) is 1.83. The van der Waals surface area contributed by atoms with Gasteiger partial charge in [0.15, 0.2) is 6.29 Å². The standard InChI is InChI=1S/C9H17N5O2/c1-2-5(15)4-3-11-7-6(12-4)8(16)14-9(10)13-7/h4-5,9,11-13,15H,2-3,10H2,1H3,(H,14,16)/t4-,5?,9?/m1/s1. The summed E-state index contributed by atoms with van der Waals surface area (Å²) >= 11 is 0. The lowest BCUT2D eigenvalue weighted by Crippen LogP contribution is -2.64. The van der Waals surface area contributed by atoms with Crippen LogP contribution in [-0.4, -0.2) is 36.0 Å². The highest BCUT2D eigenvalue weighted by Crippen LogP contribution is 2.10. The molecular formula is C9H17N5O2. The SMILES string of the molecule is CCC(O)[C@H]1CNC2=C(N1)C(=O)NC(N)N2. The van der Waals surface area contributed by atoms with Gasteiger partial charge in [-0.2, -0.15) is 0 Å². The predicted octanol–water partition coefficient (Wildman–Crippen LogP) is -2.55. The molecule has 0 bridgehead atoms. The summed E-state index contributed by atoms with van der Waals surface area (Å²) in [6.45, 7) is 2.45. The zero-order valence-electron chi connectivity index (χ0n) is 9.08. The molecule has 0 aromatic carbocycles. The molecule has 1 amide bonds. The van der Waals surface area contributed by atoms with Crippen molar-refractivity contribution in [2.24, 2.45) is 5.73 Å². The Kier molecular flexibility index (Phi) is 2.88. The lowest BCUT2D eigenvalue weighted by atomic mass is 10.1. The molecule has 0 fully saturated rings. The average Bonchev–Trinajstić information content (AvgIpc) is 2.27. The van der Waals surface area contributed by atoms with Crippen LogP contribution < -0.4 is 27.0 Å². The molecule has 90 valence electrons. The van der Waals surface area contributed by atoms with E-state index in [1.54, 1.807) is 0 Å². The van der Waals surface area contributed by atoms with Crippen molar-refractivity contribution in [1.82, 2.24) is 21.3 Å². The minimum absolute atomic E-state index is 0.161. The number of carbonyl (C=O) groups excluding carboxylic acids is 1. The second-order valence-electron chi connectivity index (χ2n) is 3.95. The topological polar surface area (TPSA) is 111 Å². The Balaban J connectivity index is 2.13. The van der Waals surface area contributed by atoms with Crippen LogP contribution in [0.25, 0.3) is 0 Å². The maximum absolute atomic E-state index is 11.6. The minimum atomic E-state index is -0.576. The van der Waals surface area contributed by atoms with Gasteiger partial charge in [-0.3, -0.25) is 10.5 Å². The lowest BCUT2D eigenvalue weighted by Gasteiger charge is -2.36. The highest BCUT2D eigenvalue weighted by atomic mass is 16.3. The zero-order chi connectivity index (χ0) is 11.7. The van der Waals surface area contributed by atoms with Crippen LogP contribution in [0.3, 0.4) is 0 Å². The maximum atomic E-state index is 11.6. The molecule has 0 aromatic heterocycles. The van der Waals surface area contributed by atoms with Gasteiger partial charge in [-0.1, -0.05) is 6.92 Å². The third-order valence-electron chi connectivity index (χ3n) is 2.77. The van der Waals surface area contributed by atoms with Crippen molar-refractivity contribution in [3.63, 3.8) is 0 Å². The minimum Gasteiger partial charge on any atom is -0.391 e. The van der Waals surface area contributed by atoms with Crippen LogP contribution in [0.4, 0.5) is 0 Å². The van der Waals surface area contributed by atoms with E-state index in [2.05, 4.69) is 21.3 Å². The Labute approximate surface area is 93.5 Å². The van der Waals surface area contributed by atoms with Gasteiger partial charge in [-0.15, -0.1) is 0 Å². The maximum Gasteiger partial charge on any atom is 0.273 e. The molecule has 2 heterocycles. The summed E-state index contributed by atoms with van der Waals surface area (Å²) in [5.74, 6) is 0.331. The van der Waals surface area contributed by atoms with E-state index in [4.69, 9.17) is 5.73 Å². The Hall–Kier alpha value is -1.47. The number of nitrogens with one attached hydrogen (secondary N) is 4. The van der Waals surface area contributed by atoms with Gasteiger partial charge in [-0.25, -0.2) is 0 Å². The summed E-state index contributed by atoms with van der Waals surface area (Å²) < 4.78 is 0.